The maximum absolute atomic E-state index is 10.7. The summed E-state index contributed by atoms with van der Waals surface area (Å²) in [5.74, 6) is -0.957. The summed E-state index contributed by atoms with van der Waals surface area (Å²) >= 11 is 0. The van der Waals surface area contributed by atoms with Gasteiger partial charge in [0.1, 0.15) is 0 Å². The number of ether oxygens (including phenoxy) is 2. The minimum Gasteiger partial charge on any atom is -0.463 e. The van der Waals surface area contributed by atoms with Gasteiger partial charge >= 0.3 is 11.9 Å². The number of hydrogen-bond donors (Lipinski definition) is 0. The molecule has 0 saturated heterocycles. The monoisotopic (exact) mass is 174 g/mol. The normalized spacial score (nSPS) is 9.17. The molecule has 0 aromatic carbocycles. The minimum atomic E-state index is -0.487. The average Bonchev–Trinajstić information content (AvgIpc) is 2.01. The van der Waals surface area contributed by atoms with Gasteiger partial charge in [-0.15, -0.1) is 0 Å². The molecule has 12 heavy (non-hydrogen) atoms. The molecule has 4 heteroatoms. The first-order valence-corrected chi connectivity index (χ1v) is 3.95. The van der Waals surface area contributed by atoms with Gasteiger partial charge in [-0.2, -0.15) is 0 Å². The highest BCUT2D eigenvalue weighted by atomic mass is 16.6. The molecular formula is C8H14O4. The van der Waals surface area contributed by atoms with Gasteiger partial charge in [0.2, 0.25) is 0 Å². The fraction of sp³-hybridized carbons (Fsp3) is 0.750. The van der Waals surface area contributed by atoms with Gasteiger partial charge in [-0.1, -0.05) is 13.3 Å². The standard InChI is InChI=1S/C8H14O4/c1-3-4-5-11-8(10)6-12-7(2)9/h3-6H2,1-2H3. The Labute approximate surface area is 71.8 Å². The zero-order chi connectivity index (χ0) is 9.40. The van der Waals surface area contributed by atoms with E-state index in [1.54, 1.807) is 0 Å². The molecule has 0 atom stereocenters. The Morgan fingerprint density at radius 2 is 1.92 bits per heavy atom. The second-order valence-electron chi connectivity index (χ2n) is 2.35. The van der Waals surface area contributed by atoms with Crippen LogP contribution in [0.1, 0.15) is 26.7 Å². The first-order valence-electron chi connectivity index (χ1n) is 3.95. The van der Waals surface area contributed by atoms with Crippen molar-refractivity contribution >= 4 is 11.9 Å². The van der Waals surface area contributed by atoms with Gasteiger partial charge in [-0.05, 0) is 6.42 Å². The number of hydrogen-bond acceptors (Lipinski definition) is 4. The van der Waals surface area contributed by atoms with Gasteiger partial charge in [-0.3, -0.25) is 4.79 Å². The summed E-state index contributed by atoms with van der Waals surface area (Å²) in [4.78, 5) is 21.0. The Balaban J connectivity index is 3.28. The van der Waals surface area contributed by atoms with E-state index in [2.05, 4.69) is 4.74 Å². The van der Waals surface area contributed by atoms with Gasteiger partial charge in [0.15, 0.2) is 6.61 Å². The highest BCUT2D eigenvalue weighted by Gasteiger charge is 2.03. The largest absolute Gasteiger partial charge is 0.463 e. The van der Waals surface area contributed by atoms with Crippen LogP contribution in [0.3, 0.4) is 0 Å². The molecule has 0 amide bonds. The molecule has 0 rings (SSSR count). The maximum Gasteiger partial charge on any atom is 0.344 e. The van der Waals surface area contributed by atoms with E-state index in [0.717, 1.165) is 12.8 Å². The van der Waals surface area contributed by atoms with E-state index in [-0.39, 0.29) is 6.61 Å². The van der Waals surface area contributed by atoms with E-state index >= 15 is 0 Å². The lowest BCUT2D eigenvalue weighted by Gasteiger charge is -2.02. The summed E-state index contributed by atoms with van der Waals surface area (Å²) in [6.45, 7) is 3.37. The Kier molecular flexibility index (Phi) is 6.05. The van der Waals surface area contributed by atoms with Crippen LogP contribution < -0.4 is 0 Å². The lowest BCUT2D eigenvalue weighted by molar-refractivity contribution is -0.157. The molecular weight excluding hydrogens is 160 g/mol. The van der Waals surface area contributed by atoms with Crippen LogP contribution in [-0.2, 0) is 19.1 Å². The predicted octanol–water partition coefficient (Wildman–Crippen LogP) is 0.893. The van der Waals surface area contributed by atoms with Gasteiger partial charge in [0.25, 0.3) is 0 Å². The number of rotatable bonds is 5. The Hall–Kier alpha value is -1.06. The van der Waals surface area contributed by atoms with Crippen LogP contribution in [0.25, 0.3) is 0 Å². The molecule has 0 aromatic heterocycles. The summed E-state index contributed by atoms with van der Waals surface area (Å²) in [6, 6.07) is 0. The molecule has 0 aliphatic heterocycles. The third-order valence-electron chi connectivity index (χ3n) is 1.15. The summed E-state index contributed by atoms with van der Waals surface area (Å²) in [7, 11) is 0. The van der Waals surface area contributed by atoms with Crippen molar-refractivity contribution in [3.05, 3.63) is 0 Å². The maximum atomic E-state index is 10.7. The van der Waals surface area contributed by atoms with Crippen molar-refractivity contribution in [3.63, 3.8) is 0 Å². The highest BCUT2D eigenvalue weighted by Crippen LogP contribution is 1.89. The topological polar surface area (TPSA) is 52.6 Å². The van der Waals surface area contributed by atoms with E-state index in [0.29, 0.717) is 6.61 Å². The smallest absolute Gasteiger partial charge is 0.344 e. The summed E-state index contributed by atoms with van der Waals surface area (Å²) < 4.78 is 9.14. The molecule has 70 valence electrons. The fourth-order valence-corrected chi connectivity index (χ4v) is 0.533. The molecule has 0 aliphatic rings. The van der Waals surface area contributed by atoms with Crippen molar-refractivity contribution in [2.24, 2.45) is 0 Å². The lowest BCUT2D eigenvalue weighted by Crippen LogP contribution is -2.15. The van der Waals surface area contributed by atoms with E-state index < -0.39 is 11.9 Å². The average molecular weight is 174 g/mol. The Morgan fingerprint density at radius 3 is 2.42 bits per heavy atom. The Bertz CT molecular complexity index is 153. The van der Waals surface area contributed by atoms with Gasteiger partial charge in [0.05, 0.1) is 6.61 Å². The first-order chi connectivity index (χ1) is 5.66. The van der Waals surface area contributed by atoms with Crippen LogP contribution in [0.5, 0.6) is 0 Å². The SMILES string of the molecule is CCCCOC(=O)COC(C)=O. The number of esters is 2. The van der Waals surface area contributed by atoms with Crippen LogP contribution in [0.4, 0.5) is 0 Å². The fourth-order valence-electron chi connectivity index (χ4n) is 0.533. The molecule has 0 radical (unpaired) electrons. The molecule has 0 heterocycles. The molecule has 0 aliphatic carbocycles. The third-order valence-corrected chi connectivity index (χ3v) is 1.15. The van der Waals surface area contributed by atoms with Crippen LogP contribution in [-0.4, -0.2) is 25.2 Å². The zero-order valence-electron chi connectivity index (χ0n) is 7.46. The van der Waals surface area contributed by atoms with Crippen LogP contribution in [0, 0.1) is 0 Å². The van der Waals surface area contributed by atoms with E-state index in [4.69, 9.17) is 4.74 Å². The van der Waals surface area contributed by atoms with E-state index in [1.807, 2.05) is 6.92 Å². The van der Waals surface area contributed by atoms with Crippen molar-refractivity contribution in [1.82, 2.24) is 0 Å². The second-order valence-corrected chi connectivity index (χ2v) is 2.35. The molecule has 0 aromatic rings. The van der Waals surface area contributed by atoms with Crippen LogP contribution in [0.2, 0.25) is 0 Å². The van der Waals surface area contributed by atoms with Crippen molar-refractivity contribution in [3.8, 4) is 0 Å². The molecule has 0 bridgehead atoms. The van der Waals surface area contributed by atoms with Crippen molar-refractivity contribution in [1.29, 1.82) is 0 Å². The van der Waals surface area contributed by atoms with Gasteiger partial charge in [0, 0.05) is 6.92 Å². The highest BCUT2D eigenvalue weighted by molar-refractivity contribution is 5.75. The molecule has 0 unspecified atom stereocenters. The number of unbranched alkanes of at least 4 members (excludes halogenated alkanes) is 1. The lowest BCUT2D eigenvalue weighted by atomic mass is 10.4. The quantitative estimate of drug-likeness (QED) is 0.459. The van der Waals surface area contributed by atoms with Gasteiger partial charge < -0.3 is 9.47 Å². The molecule has 0 spiro atoms. The first kappa shape index (κ1) is 10.9. The van der Waals surface area contributed by atoms with Crippen molar-refractivity contribution in [2.45, 2.75) is 26.7 Å². The molecule has 0 saturated carbocycles. The van der Waals surface area contributed by atoms with Crippen LogP contribution in [0.15, 0.2) is 0 Å². The van der Waals surface area contributed by atoms with Crippen molar-refractivity contribution in [2.75, 3.05) is 13.2 Å². The number of carbonyl (C=O) groups excluding carboxylic acids is 2. The zero-order valence-corrected chi connectivity index (χ0v) is 7.46. The molecule has 4 nitrogen and oxygen atoms in total. The predicted molar refractivity (Wildman–Crippen MR) is 42.5 cm³/mol. The summed E-state index contributed by atoms with van der Waals surface area (Å²) in [6.07, 6.45) is 1.81. The van der Waals surface area contributed by atoms with Crippen molar-refractivity contribution < 1.29 is 19.1 Å². The van der Waals surface area contributed by atoms with Crippen LogP contribution >= 0.6 is 0 Å². The second kappa shape index (κ2) is 6.64. The third kappa shape index (κ3) is 7.05. The molecule has 0 N–H and O–H groups in total. The Morgan fingerprint density at radius 1 is 1.25 bits per heavy atom. The summed E-state index contributed by atoms with van der Waals surface area (Å²) in [5.41, 5.74) is 0. The van der Waals surface area contributed by atoms with E-state index in [1.165, 1.54) is 6.92 Å². The number of carbonyl (C=O) groups is 2. The molecule has 0 fully saturated rings. The van der Waals surface area contributed by atoms with E-state index in [9.17, 15) is 9.59 Å². The summed E-state index contributed by atoms with van der Waals surface area (Å²) in [5, 5.41) is 0. The van der Waals surface area contributed by atoms with Gasteiger partial charge in [-0.25, -0.2) is 4.79 Å². The minimum absolute atomic E-state index is 0.279.